The summed E-state index contributed by atoms with van der Waals surface area (Å²) in [6, 6.07) is 0. The number of rotatable bonds is 3. The lowest BCUT2D eigenvalue weighted by molar-refractivity contribution is -0.142. The summed E-state index contributed by atoms with van der Waals surface area (Å²) in [6.07, 6.45) is -4.44. The highest BCUT2D eigenvalue weighted by Crippen LogP contribution is 2.42. The van der Waals surface area contributed by atoms with Crippen LogP contribution in [0, 0.1) is 0 Å². The Labute approximate surface area is 116 Å². The number of aromatic nitrogens is 2. The summed E-state index contributed by atoms with van der Waals surface area (Å²) in [4.78, 5) is 36.1. The zero-order valence-corrected chi connectivity index (χ0v) is 10.9. The Morgan fingerprint density at radius 2 is 2.19 bits per heavy atom. The molecule has 21 heavy (non-hydrogen) atoms. The molecular formula is C12H12F2N2O5. The van der Waals surface area contributed by atoms with E-state index in [1.54, 1.807) is 0 Å². The number of carbonyl (C=O) groups is 1. The number of carbonyl (C=O) groups excluding carboxylic acids is 1. The number of alkyl halides is 2. The number of ketones is 1. The van der Waals surface area contributed by atoms with Crippen molar-refractivity contribution >= 4 is 11.9 Å². The van der Waals surface area contributed by atoms with Crippen LogP contribution in [0.4, 0.5) is 8.78 Å². The first-order valence-electron chi connectivity index (χ1n) is 5.89. The van der Waals surface area contributed by atoms with Crippen molar-refractivity contribution in [2.45, 2.75) is 31.3 Å². The van der Waals surface area contributed by atoms with E-state index in [2.05, 4.69) is 6.58 Å². The Morgan fingerprint density at radius 1 is 1.57 bits per heavy atom. The Kier molecular flexibility index (Phi) is 3.64. The number of ether oxygens (including phenoxy) is 1. The minimum Gasteiger partial charge on any atom is -0.383 e. The topological polar surface area (TPSA) is 101 Å². The zero-order valence-electron chi connectivity index (χ0n) is 10.9. The van der Waals surface area contributed by atoms with Gasteiger partial charge in [0, 0.05) is 6.20 Å². The Balaban J connectivity index is 2.57. The van der Waals surface area contributed by atoms with E-state index in [4.69, 9.17) is 4.74 Å². The molecule has 1 aromatic heterocycles. The quantitative estimate of drug-likeness (QED) is 0.795. The van der Waals surface area contributed by atoms with Gasteiger partial charge in [0.15, 0.2) is 18.0 Å². The number of hydrogen-bond acceptors (Lipinski definition) is 5. The molecule has 1 saturated heterocycles. The third-order valence-corrected chi connectivity index (χ3v) is 3.15. The van der Waals surface area contributed by atoms with Gasteiger partial charge in [-0.3, -0.25) is 19.1 Å². The lowest BCUT2D eigenvalue weighted by atomic mass is 10.1. The summed E-state index contributed by atoms with van der Waals surface area (Å²) in [5.41, 5.74) is -2.07. The molecule has 1 aliphatic rings. The third kappa shape index (κ3) is 2.34. The van der Waals surface area contributed by atoms with Gasteiger partial charge in [0.25, 0.3) is 5.56 Å². The highest BCUT2D eigenvalue weighted by molar-refractivity contribution is 5.81. The molecule has 0 aliphatic carbocycles. The standard InChI is InChI=1S/C12H12F2N2O5/c1-3-6-4-16(11(20)15-9(6)19)10-12(13,14)8(18)7(21-10)5(2)17/h3-4,7-8,10,18H,1H2,2H3,(H,15,19,20). The van der Waals surface area contributed by atoms with E-state index in [0.29, 0.717) is 4.57 Å². The van der Waals surface area contributed by atoms with Crippen LogP contribution in [-0.2, 0) is 9.53 Å². The molecule has 0 aromatic carbocycles. The molecule has 0 saturated carbocycles. The van der Waals surface area contributed by atoms with Gasteiger partial charge in [-0.05, 0) is 6.92 Å². The number of halogens is 2. The molecule has 0 spiro atoms. The summed E-state index contributed by atoms with van der Waals surface area (Å²) in [5.74, 6) is -4.68. The molecule has 3 atom stereocenters. The molecule has 1 fully saturated rings. The predicted octanol–water partition coefficient (Wildman–Crippen LogP) is -0.338. The Bertz CT molecular complexity index is 708. The van der Waals surface area contributed by atoms with Gasteiger partial charge in [0.05, 0.1) is 5.56 Å². The van der Waals surface area contributed by atoms with Crippen LogP contribution in [0.1, 0.15) is 18.7 Å². The highest BCUT2D eigenvalue weighted by atomic mass is 19.3. The molecule has 2 rings (SSSR count). The van der Waals surface area contributed by atoms with Gasteiger partial charge < -0.3 is 9.84 Å². The second-order valence-electron chi connectivity index (χ2n) is 4.59. The summed E-state index contributed by atoms with van der Waals surface area (Å²) < 4.78 is 33.3. The smallest absolute Gasteiger partial charge is 0.330 e. The number of aliphatic hydroxyl groups is 1. The van der Waals surface area contributed by atoms with Crippen molar-refractivity contribution in [2.75, 3.05) is 0 Å². The van der Waals surface area contributed by atoms with Crippen LogP contribution in [-0.4, -0.2) is 38.6 Å². The largest absolute Gasteiger partial charge is 0.383 e. The van der Waals surface area contributed by atoms with Crippen molar-refractivity contribution < 1.29 is 23.4 Å². The first-order chi connectivity index (χ1) is 9.70. The molecule has 0 bridgehead atoms. The average molecular weight is 302 g/mol. The zero-order chi connectivity index (χ0) is 15.9. The number of aromatic amines is 1. The van der Waals surface area contributed by atoms with E-state index < -0.39 is 41.4 Å². The van der Waals surface area contributed by atoms with E-state index in [0.717, 1.165) is 19.2 Å². The van der Waals surface area contributed by atoms with Gasteiger partial charge in [-0.2, -0.15) is 8.78 Å². The molecule has 1 aliphatic heterocycles. The first kappa shape index (κ1) is 15.3. The van der Waals surface area contributed by atoms with E-state index in [9.17, 15) is 28.3 Å². The van der Waals surface area contributed by atoms with Crippen LogP contribution in [0.2, 0.25) is 0 Å². The Morgan fingerprint density at radius 3 is 2.67 bits per heavy atom. The molecule has 0 radical (unpaired) electrons. The average Bonchev–Trinajstić information content (AvgIpc) is 2.62. The van der Waals surface area contributed by atoms with Crippen LogP contribution in [0.3, 0.4) is 0 Å². The lowest BCUT2D eigenvalue weighted by Crippen LogP contribution is -2.43. The number of nitrogens with one attached hydrogen (secondary N) is 1. The van der Waals surface area contributed by atoms with Crippen molar-refractivity contribution in [3.8, 4) is 0 Å². The molecule has 2 N–H and O–H groups in total. The van der Waals surface area contributed by atoms with Gasteiger partial charge in [0.1, 0.15) is 0 Å². The number of H-pyrrole nitrogens is 1. The van der Waals surface area contributed by atoms with Gasteiger partial charge in [-0.1, -0.05) is 12.7 Å². The number of Topliss-reactive ketones (excluding diaryl/α,β-unsaturated/α-hetero) is 1. The van der Waals surface area contributed by atoms with E-state index in [1.807, 2.05) is 4.98 Å². The number of hydrogen-bond donors (Lipinski definition) is 2. The normalized spacial score (nSPS) is 27.5. The maximum Gasteiger partial charge on any atom is 0.330 e. The van der Waals surface area contributed by atoms with Gasteiger partial charge in [-0.25, -0.2) is 4.79 Å². The summed E-state index contributed by atoms with van der Waals surface area (Å²) >= 11 is 0. The van der Waals surface area contributed by atoms with Crippen LogP contribution in [0.25, 0.3) is 6.08 Å². The third-order valence-electron chi connectivity index (χ3n) is 3.15. The fourth-order valence-corrected chi connectivity index (χ4v) is 2.04. The number of aliphatic hydroxyl groups excluding tert-OH is 1. The van der Waals surface area contributed by atoms with Crippen LogP contribution < -0.4 is 11.2 Å². The first-order valence-corrected chi connectivity index (χ1v) is 5.89. The molecule has 7 nitrogen and oxygen atoms in total. The molecule has 9 heteroatoms. The highest BCUT2D eigenvalue weighted by Gasteiger charge is 2.61. The van der Waals surface area contributed by atoms with Crippen molar-refractivity contribution in [1.82, 2.24) is 9.55 Å². The monoisotopic (exact) mass is 302 g/mol. The molecule has 114 valence electrons. The lowest BCUT2D eigenvalue weighted by Gasteiger charge is -2.21. The minimum absolute atomic E-state index is 0.130. The minimum atomic E-state index is -3.88. The maximum absolute atomic E-state index is 14.0. The van der Waals surface area contributed by atoms with Gasteiger partial charge in [-0.15, -0.1) is 0 Å². The summed E-state index contributed by atoms with van der Waals surface area (Å²) in [7, 11) is 0. The van der Waals surface area contributed by atoms with Crippen molar-refractivity contribution in [1.29, 1.82) is 0 Å². The van der Waals surface area contributed by atoms with Gasteiger partial charge >= 0.3 is 11.6 Å². The van der Waals surface area contributed by atoms with E-state index in [-0.39, 0.29) is 5.56 Å². The molecule has 1 aromatic rings. The SMILES string of the molecule is C=Cc1cn(C2OC(C(C)=O)C(O)C2(F)F)c(=O)[nH]c1=O. The fraction of sp³-hybridized carbons (Fsp3) is 0.417. The van der Waals surface area contributed by atoms with Crippen molar-refractivity contribution in [3.05, 3.63) is 39.2 Å². The maximum atomic E-state index is 14.0. The van der Waals surface area contributed by atoms with Crippen LogP contribution >= 0.6 is 0 Å². The predicted molar refractivity (Wildman–Crippen MR) is 67.0 cm³/mol. The Hall–Kier alpha value is -2.13. The van der Waals surface area contributed by atoms with E-state index >= 15 is 0 Å². The van der Waals surface area contributed by atoms with Crippen LogP contribution in [0.15, 0.2) is 22.4 Å². The summed E-state index contributed by atoms with van der Waals surface area (Å²) in [5, 5.41) is 9.49. The van der Waals surface area contributed by atoms with Gasteiger partial charge in [0.2, 0.25) is 6.23 Å². The second kappa shape index (κ2) is 5.01. The molecule has 3 unspecified atom stereocenters. The molecule has 0 amide bonds. The van der Waals surface area contributed by atoms with Crippen LogP contribution in [0.5, 0.6) is 0 Å². The van der Waals surface area contributed by atoms with Crippen molar-refractivity contribution in [2.24, 2.45) is 0 Å². The molecular weight excluding hydrogens is 290 g/mol. The molecule has 2 heterocycles. The second-order valence-corrected chi connectivity index (χ2v) is 4.59. The van der Waals surface area contributed by atoms with E-state index in [1.165, 1.54) is 0 Å². The van der Waals surface area contributed by atoms with Crippen molar-refractivity contribution in [3.63, 3.8) is 0 Å². The summed E-state index contributed by atoms with van der Waals surface area (Å²) in [6.45, 7) is 4.30. The fourth-order valence-electron chi connectivity index (χ4n) is 2.04. The number of nitrogens with zero attached hydrogens (tertiary/aromatic N) is 1.